The van der Waals surface area contributed by atoms with Crippen molar-refractivity contribution in [1.82, 2.24) is 15.1 Å². The van der Waals surface area contributed by atoms with Crippen molar-refractivity contribution >= 4 is 17.8 Å². The lowest BCUT2D eigenvalue weighted by Crippen LogP contribution is -2.46. The molecule has 0 aliphatic heterocycles. The second-order valence-corrected chi connectivity index (χ2v) is 7.11. The van der Waals surface area contributed by atoms with Crippen molar-refractivity contribution in [1.29, 1.82) is 0 Å². The molecule has 0 unspecified atom stereocenters. The molecule has 0 fully saturated rings. The first-order chi connectivity index (χ1) is 10.5. The third kappa shape index (κ3) is 6.71. The Labute approximate surface area is 137 Å². The number of carbonyl (C=O) groups is 2. The first-order valence-electron chi connectivity index (χ1n) is 7.79. The quantitative estimate of drug-likeness (QED) is 0.872. The Kier molecular flexibility index (Phi) is 6.18. The summed E-state index contributed by atoms with van der Waals surface area (Å²) in [5.41, 5.74) is 0.200. The van der Waals surface area contributed by atoms with Gasteiger partial charge in [-0.2, -0.15) is 5.10 Å². The van der Waals surface area contributed by atoms with Crippen LogP contribution in [0.5, 0.6) is 0 Å². The lowest BCUT2D eigenvalue weighted by Gasteiger charge is -2.24. The van der Waals surface area contributed by atoms with Crippen LogP contribution in [0.4, 0.5) is 10.6 Å². The smallest absolute Gasteiger partial charge is 0.408 e. The van der Waals surface area contributed by atoms with E-state index in [1.807, 2.05) is 20.8 Å². The molecule has 1 rings (SSSR count). The van der Waals surface area contributed by atoms with Crippen LogP contribution < -0.4 is 10.6 Å². The molecule has 0 saturated carbocycles. The fourth-order valence-electron chi connectivity index (χ4n) is 2.09. The Morgan fingerprint density at radius 3 is 2.39 bits per heavy atom. The summed E-state index contributed by atoms with van der Waals surface area (Å²) in [4.78, 5) is 24.4. The average molecular weight is 324 g/mol. The van der Waals surface area contributed by atoms with Gasteiger partial charge in [0, 0.05) is 13.1 Å². The van der Waals surface area contributed by atoms with Crippen LogP contribution >= 0.6 is 0 Å². The summed E-state index contributed by atoms with van der Waals surface area (Å²) in [5.74, 6) is 0.550. The highest BCUT2D eigenvalue weighted by molar-refractivity contribution is 5.96. The Balaban J connectivity index is 2.78. The van der Waals surface area contributed by atoms with E-state index in [1.165, 1.54) is 0 Å². The summed E-state index contributed by atoms with van der Waals surface area (Å²) in [6, 6.07) is 1.11. The monoisotopic (exact) mass is 324 g/mol. The van der Waals surface area contributed by atoms with Crippen LogP contribution in [0.25, 0.3) is 0 Å². The van der Waals surface area contributed by atoms with Gasteiger partial charge in [-0.25, -0.2) is 4.79 Å². The Bertz CT molecular complexity index is 558. The van der Waals surface area contributed by atoms with Crippen LogP contribution in [0.2, 0.25) is 0 Å². The highest BCUT2D eigenvalue weighted by Gasteiger charge is 2.25. The molecule has 7 nitrogen and oxygen atoms in total. The zero-order valence-electron chi connectivity index (χ0n) is 15.1. The minimum atomic E-state index is -0.667. The van der Waals surface area contributed by atoms with Gasteiger partial charge in [-0.3, -0.25) is 9.48 Å². The highest BCUT2D eigenvalue weighted by Crippen LogP contribution is 2.13. The fraction of sp³-hybridized carbons (Fsp3) is 0.688. The summed E-state index contributed by atoms with van der Waals surface area (Å²) in [6.45, 7) is 11.2. The second-order valence-electron chi connectivity index (χ2n) is 7.11. The van der Waals surface area contributed by atoms with E-state index in [1.54, 1.807) is 38.6 Å². The predicted octanol–water partition coefficient (Wildman–Crippen LogP) is 2.61. The van der Waals surface area contributed by atoms with Crippen LogP contribution in [0, 0.1) is 12.8 Å². The number of ether oxygens (including phenoxy) is 1. The van der Waals surface area contributed by atoms with Crippen molar-refractivity contribution < 1.29 is 14.3 Å². The van der Waals surface area contributed by atoms with E-state index in [2.05, 4.69) is 15.7 Å². The van der Waals surface area contributed by atoms with E-state index in [4.69, 9.17) is 4.74 Å². The molecule has 2 amide bonds. The minimum absolute atomic E-state index is 0.244. The number of aromatic nitrogens is 2. The second kappa shape index (κ2) is 7.48. The standard InChI is InChI=1S/C16H28N4O3/c1-10(2)8-12(17-15(22)23-16(4,5)6)14(21)18-13-9-11(3)19-20(13)7/h9-10,12H,8H2,1-7H3,(H,17,22)(H,18,21)/t12-/m1/s1. The maximum atomic E-state index is 12.5. The van der Waals surface area contributed by atoms with Gasteiger partial charge in [-0.15, -0.1) is 0 Å². The zero-order chi connectivity index (χ0) is 17.8. The van der Waals surface area contributed by atoms with Crippen LogP contribution in [-0.4, -0.2) is 33.4 Å². The third-order valence-corrected chi connectivity index (χ3v) is 2.97. The molecule has 0 aromatic carbocycles. The molecular weight excluding hydrogens is 296 g/mol. The van der Waals surface area contributed by atoms with Crippen molar-refractivity contribution in [2.75, 3.05) is 5.32 Å². The average Bonchev–Trinajstić information content (AvgIpc) is 2.63. The van der Waals surface area contributed by atoms with E-state index in [0.29, 0.717) is 12.2 Å². The molecule has 0 radical (unpaired) electrons. The molecule has 1 atom stereocenters. The van der Waals surface area contributed by atoms with Crippen LogP contribution in [0.15, 0.2) is 6.07 Å². The van der Waals surface area contributed by atoms with Crippen molar-refractivity contribution in [3.63, 3.8) is 0 Å². The van der Waals surface area contributed by atoms with E-state index in [-0.39, 0.29) is 11.8 Å². The first kappa shape index (κ1) is 19.0. The number of anilines is 1. The van der Waals surface area contributed by atoms with Gasteiger partial charge >= 0.3 is 6.09 Å². The number of rotatable bonds is 5. The van der Waals surface area contributed by atoms with Crippen molar-refractivity contribution in [3.05, 3.63) is 11.8 Å². The molecule has 0 saturated heterocycles. The van der Waals surface area contributed by atoms with Gasteiger partial charge in [0.15, 0.2) is 0 Å². The maximum absolute atomic E-state index is 12.5. The number of hydrogen-bond donors (Lipinski definition) is 2. The molecule has 23 heavy (non-hydrogen) atoms. The number of hydrogen-bond acceptors (Lipinski definition) is 4. The summed E-state index contributed by atoms with van der Waals surface area (Å²) in [7, 11) is 1.75. The molecular formula is C16H28N4O3. The Morgan fingerprint density at radius 2 is 1.96 bits per heavy atom. The minimum Gasteiger partial charge on any atom is -0.444 e. The van der Waals surface area contributed by atoms with Gasteiger partial charge in [0.25, 0.3) is 0 Å². The molecule has 0 aliphatic carbocycles. The summed E-state index contributed by atoms with van der Waals surface area (Å²) in [6.07, 6.45) is -0.0819. The molecule has 7 heteroatoms. The Hall–Kier alpha value is -2.05. The SMILES string of the molecule is Cc1cc(NC(=O)[C@@H](CC(C)C)NC(=O)OC(C)(C)C)n(C)n1. The van der Waals surface area contributed by atoms with E-state index < -0.39 is 17.7 Å². The molecule has 0 spiro atoms. The van der Waals surface area contributed by atoms with Gasteiger partial charge in [0.2, 0.25) is 5.91 Å². The first-order valence-corrected chi connectivity index (χ1v) is 7.79. The third-order valence-electron chi connectivity index (χ3n) is 2.97. The largest absolute Gasteiger partial charge is 0.444 e. The fourth-order valence-corrected chi connectivity index (χ4v) is 2.09. The van der Waals surface area contributed by atoms with Gasteiger partial charge in [-0.05, 0) is 40.0 Å². The molecule has 1 heterocycles. The highest BCUT2D eigenvalue weighted by atomic mass is 16.6. The van der Waals surface area contributed by atoms with Gasteiger partial charge in [-0.1, -0.05) is 13.8 Å². The zero-order valence-corrected chi connectivity index (χ0v) is 15.1. The number of amides is 2. The molecule has 2 N–H and O–H groups in total. The molecule has 1 aromatic rings. The molecule has 130 valence electrons. The normalized spacial score (nSPS) is 12.9. The maximum Gasteiger partial charge on any atom is 0.408 e. The number of nitrogens with one attached hydrogen (secondary N) is 2. The summed E-state index contributed by atoms with van der Waals surface area (Å²) < 4.78 is 6.82. The van der Waals surface area contributed by atoms with Crippen molar-refractivity contribution in [3.8, 4) is 0 Å². The predicted molar refractivity (Wildman–Crippen MR) is 89.2 cm³/mol. The van der Waals surface area contributed by atoms with E-state index in [0.717, 1.165) is 5.69 Å². The number of nitrogens with zero attached hydrogens (tertiary/aromatic N) is 2. The topological polar surface area (TPSA) is 85.3 Å². The number of aryl methyl sites for hydroxylation is 2. The lowest BCUT2D eigenvalue weighted by molar-refractivity contribution is -0.118. The van der Waals surface area contributed by atoms with Gasteiger partial charge in [0.1, 0.15) is 17.5 Å². The lowest BCUT2D eigenvalue weighted by atomic mass is 10.0. The number of carbonyl (C=O) groups excluding carboxylic acids is 2. The molecule has 0 bridgehead atoms. The van der Waals surface area contributed by atoms with Crippen LogP contribution in [0.1, 0.15) is 46.7 Å². The summed E-state index contributed by atoms with van der Waals surface area (Å²) >= 11 is 0. The van der Waals surface area contributed by atoms with Crippen molar-refractivity contribution in [2.45, 2.75) is 59.6 Å². The van der Waals surface area contributed by atoms with Gasteiger partial charge in [0.05, 0.1) is 5.69 Å². The molecule has 0 aliphatic rings. The van der Waals surface area contributed by atoms with E-state index in [9.17, 15) is 9.59 Å². The number of alkyl carbamates (subject to hydrolysis) is 1. The van der Waals surface area contributed by atoms with Crippen LogP contribution in [-0.2, 0) is 16.6 Å². The van der Waals surface area contributed by atoms with Crippen molar-refractivity contribution in [2.24, 2.45) is 13.0 Å². The van der Waals surface area contributed by atoms with E-state index >= 15 is 0 Å². The van der Waals surface area contributed by atoms with Gasteiger partial charge < -0.3 is 15.4 Å². The Morgan fingerprint density at radius 1 is 1.35 bits per heavy atom. The molecule has 1 aromatic heterocycles. The summed E-state index contributed by atoms with van der Waals surface area (Å²) in [5, 5.41) is 9.63. The van der Waals surface area contributed by atoms with Crippen LogP contribution in [0.3, 0.4) is 0 Å².